The second-order valence-electron chi connectivity index (χ2n) is 7.64. The lowest BCUT2D eigenvalue weighted by Crippen LogP contribution is -2.43. The Balaban J connectivity index is 0.00000161. The molecule has 0 saturated carbocycles. The zero-order valence-electron chi connectivity index (χ0n) is 13.5. The van der Waals surface area contributed by atoms with Crippen LogP contribution in [0.25, 0.3) is 0 Å². The van der Waals surface area contributed by atoms with Crippen LogP contribution in [0.1, 0.15) is 58.8 Å². The summed E-state index contributed by atoms with van der Waals surface area (Å²) in [6.45, 7) is 6.62. The molecule has 0 aromatic heterocycles. The number of carbonyl (C=O) groups excluding carboxylic acids is 1. The first-order valence-corrected chi connectivity index (χ1v) is 8.65. The quantitative estimate of drug-likeness (QED) is 0.867. The number of halogens is 1. The molecule has 2 atom stereocenters. The van der Waals surface area contributed by atoms with Gasteiger partial charge in [0.15, 0.2) is 0 Å². The molecule has 0 aromatic rings. The Morgan fingerprint density at radius 3 is 2.19 bits per heavy atom. The lowest BCUT2D eigenvalue weighted by molar-refractivity contribution is -0.134. The van der Waals surface area contributed by atoms with Crippen molar-refractivity contribution in [2.24, 2.45) is 17.8 Å². The first kappa shape index (κ1) is 17.1. The molecule has 3 saturated heterocycles. The smallest absolute Gasteiger partial charge is 0.222 e. The fraction of sp³-hybridized carbons (Fsp3) is 0.941. The number of nitrogens with one attached hydrogen (secondary N) is 1. The minimum Gasteiger partial charge on any atom is -0.343 e. The van der Waals surface area contributed by atoms with Gasteiger partial charge >= 0.3 is 0 Å². The summed E-state index contributed by atoms with van der Waals surface area (Å²) in [5, 5.41) is 3.67. The summed E-state index contributed by atoms with van der Waals surface area (Å²) < 4.78 is 0. The second kappa shape index (κ2) is 7.32. The number of rotatable bonds is 3. The Kier molecular flexibility index (Phi) is 5.96. The van der Waals surface area contributed by atoms with Crippen LogP contribution in [-0.4, -0.2) is 36.0 Å². The number of amides is 1. The highest BCUT2D eigenvalue weighted by atomic mass is 35.5. The molecule has 0 aliphatic carbocycles. The maximum Gasteiger partial charge on any atom is 0.222 e. The van der Waals surface area contributed by atoms with E-state index in [1.807, 2.05) is 0 Å². The topological polar surface area (TPSA) is 32.3 Å². The van der Waals surface area contributed by atoms with Gasteiger partial charge in [0.25, 0.3) is 0 Å². The molecule has 3 aliphatic rings. The molecule has 1 N–H and O–H groups in total. The predicted octanol–water partition coefficient (Wildman–Crippen LogP) is 3.22. The van der Waals surface area contributed by atoms with Crippen LogP contribution in [0.3, 0.4) is 0 Å². The van der Waals surface area contributed by atoms with Gasteiger partial charge in [0.1, 0.15) is 0 Å². The first-order valence-electron chi connectivity index (χ1n) is 8.65. The predicted molar refractivity (Wildman–Crippen MR) is 88.7 cm³/mol. The number of hydrogen-bond donors (Lipinski definition) is 1. The van der Waals surface area contributed by atoms with Gasteiger partial charge in [0.2, 0.25) is 5.91 Å². The van der Waals surface area contributed by atoms with Crippen LogP contribution in [0.15, 0.2) is 0 Å². The van der Waals surface area contributed by atoms with E-state index in [1.54, 1.807) is 0 Å². The Morgan fingerprint density at radius 2 is 1.67 bits per heavy atom. The Bertz CT molecular complexity index is 341. The molecule has 1 amide bonds. The number of fused-ring (bicyclic) bond motifs is 2. The normalized spacial score (nSPS) is 33.1. The monoisotopic (exact) mass is 314 g/mol. The van der Waals surface area contributed by atoms with Crippen molar-refractivity contribution < 1.29 is 4.79 Å². The van der Waals surface area contributed by atoms with Crippen LogP contribution in [0, 0.1) is 17.8 Å². The summed E-state index contributed by atoms with van der Waals surface area (Å²) in [5.41, 5.74) is 0. The third kappa shape index (κ3) is 4.13. The molecule has 3 fully saturated rings. The largest absolute Gasteiger partial charge is 0.343 e. The molecule has 2 unspecified atom stereocenters. The molecule has 0 aromatic carbocycles. The van der Waals surface area contributed by atoms with E-state index < -0.39 is 0 Å². The number of nitrogens with zero attached hydrogens (tertiary/aromatic N) is 1. The molecule has 3 nitrogen and oxygen atoms in total. The van der Waals surface area contributed by atoms with Gasteiger partial charge in [-0.3, -0.25) is 4.79 Å². The van der Waals surface area contributed by atoms with Gasteiger partial charge in [-0.1, -0.05) is 13.8 Å². The van der Waals surface area contributed by atoms with E-state index in [0.717, 1.165) is 31.3 Å². The Morgan fingerprint density at radius 1 is 1.10 bits per heavy atom. The van der Waals surface area contributed by atoms with Crippen LogP contribution in [0.2, 0.25) is 0 Å². The van der Waals surface area contributed by atoms with Crippen molar-refractivity contribution in [3.8, 4) is 0 Å². The lowest BCUT2D eigenvalue weighted by Gasteiger charge is -2.35. The molecule has 122 valence electrons. The molecular formula is C17H31ClN2O. The molecule has 2 bridgehead atoms. The van der Waals surface area contributed by atoms with Gasteiger partial charge in [-0.2, -0.15) is 0 Å². The number of hydrogen-bond acceptors (Lipinski definition) is 2. The van der Waals surface area contributed by atoms with E-state index in [4.69, 9.17) is 0 Å². The molecule has 0 spiro atoms. The molecule has 0 radical (unpaired) electrons. The Hall–Kier alpha value is -0.280. The van der Waals surface area contributed by atoms with E-state index in [9.17, 15) is 4.79 Å². The summed E-state index contributed by atoms with van der Waals surface area (Å²) >= 11 is 0. The number of carbonyl (C=O) groups is 1. The van der Waals surface area contributed by atoms with Gasteiger partial charge in [0, 0.05) is 31.6 Å². The highest BCUT2D eigenvalue weighted by molar-refractivity contribution is 5.85. The van der Waals surface area contributed by atoms with E-state index in [-0.39, 0.29) is 12.4 Å². The SMILES string of the molecule is CC(C)C1CCN(C(=O)CC2CC3CCC(C2)N3)CC1.Cl. The van der Waals surface area contributed by atoms with Crippen LogP contribution in [0.5, 0.6) is 0 Å². The van der Waals surface area contributed by atoms with Crippen LogP contribution in [0.4, 0.5) is 0 Å². The van der Waals surface area contributed by atoms with Gasteiger partial charge in [-0.15, -0.1) is 12.4 Å². The van der Waals surface area contributed by atoms with Crippen molar-refractivity contribution in [1.82, 2.24) is 10.2 Å². The van der Waals surface area contributed by atoms with Crippen molar-refractivity contribution >= 4 is 18.3 Å². The minimum absolute atomic E-state index is 0. The maximum absolute atomic E-state index is 12.5. The summed E-state index contributed by atoms with van der Waals surface area (Å²) in [7, 11) is 0. The standard InChI is InChI=1S/C17H30N2O.ClH/c1-12(2)14-5-7-19(8-6-14)17(20)11-13-9-15-3-4-16(10-13)18-15;/h12-16,18H,3-11H2,1-2H3;1H. The van der Waals surface area contributed by atoms with Crippen molar-refractivity contribution in [3.63, 3.8) is 0 Å². The number of likely N-dealkylation sites (tertiary alicyclic amines) is 1. The summed E-state index contributed by atoms with van der Waals surface area (Å²) in [4.78, 5) is 14.6. The fourth-order valence-electron chi connectivity index (χ4n) is 4.53. The van der Waals surface area contributed by atoms with Crippen molar-refractivity contribution in [2.75, 3.05) is 13.1 Å². The van der Waals surface area contributed by atoms with Gasteiger partial charge in [0.05, 0.1) is 0 Å². The van der Waals surface area contributed by atoms with Crippen molar-refractivity contribution in [3.05, 3.63) is 0 Å². The van der Waals surface area contributed by atoms with Crippen molar-refractivity contribution in [1.29, 1.82) is 0 Å². The zero-order chi connectivity index (χ0) is 14.1. The van der Waals surface area contributed by atoms with Crippen LogP contribution in [-0.2, 0) is 4.79 Å². The van der Waals surface area contributed by atoms with E-state index in [1.165, 1.54) is 38.5 Å². The van der Waals surface area contributed by atoms with Gasteiger partial charge < -0.3 is 10.2 Å². The van der Waals surface area contributed by atoms with E-state index in [2.05, 4.69) is 24.1 Å². The molecule has 3 aliphatic heterocycles. The van der Waals surface area contributed by atoms with E-state index >= 15 is 0 Å². The average molecular weight is 315 g/mol. The minimum atomic E-state index is 0. The maximum atomic E-state index is 12.5. The summed E-state index contributed by atoms with van der Waals surface area (Å²) in [6, 6.07) is 1.41. The molecule has 21 heavy (non-hydrogen) atoms. The fourth-order valence-corrected chi connectivity index (χ4v) is 4.53. The van der Waals surface area contributed by atoms with Crippen LogP contribution >= 0.6 is 12.4 Å². The molecule has 3 heterocycles. The van der Waals surface area contributed by atoms with Crippen LogP contribution < -0.4 is 5.32 Å². The van der Waals surface area contributed by atoms with E-state index in [0.29, 0.717) is 23.9 Å². The number of piperidine rings is 2. The van der Waals surface area contributed by atoms with Crippen molar-refractivity contribution in [2.45, 2.75) is 70.9 Å². The first-order chi connectivity index (χ1) is 9.61. The highest BCUT2D eigenvalue weighted by Crippen LogP contribution is 2.33. The third-order valence-electron chi connectivity index (χ3n) is 5.87. The summed E-state index contributed by atoms with van der Waals surface area (Å²) in [5.74, 6) is 2.67. The molecule has 3 rings (SSSR count). The molecule has 4 heteroatoms. The third-order valence-corrected chi connectivity index (χ3v) is 5.87. The second-order valence-corrected chi connectivity index (χ2v) is 7.64. The summed E-state index contributed by atoms with van der Waals surface area (Å²) in [6.07, 6.45) is 8.34. The lowest BCUT2D eigenvalue weighted by atomic mass is 9.85. The average Bonchev–Trinajstić information content (AvgIpc) is 2.78. The van der Waals surface area contributed by atoms with Gasteiger partial charge in [-0.05, 0) is 56.3 Å². The zero-order valence-corrected chi connectivity index (χ0v) is 14.3. The Labute approximate surface area is 135 Å². The highest BCUT2D eigenvalue weighted by Gasteiger charge is 2.35. The molecular weight excluding hydrogens is 284 g/mol. The van der Waals surface area contributed by atoms with Gasteiger partial charge in [-0.25, -0.2) is 0 Å².